The van der Waals surface area contributed by atoms with Crippen molar-refractivity contribution in [3.8, 4) is 0 Å². The van der Waals surface area contributed by atoms with Crippen LogP contribution in [0, 0.1) is 6.92 Å². The molecule has 2 N–H and O–H groups in total. The number of halogens is 1. The molecule has 0 saturated heterocycles. The fraction of sp³-hybridized carbons (Fsp3) is 0.462. The molecule has 0 radical (unpaired) electrons. The van der Waals surface area contributed by atoms with E-state index in [-0.39, 0.29) is 0 Å². The molecule has 2 aromatic heterocycles. The predicted molar refractivity (Wildman–Crippen MR) is 77.4 cm³/mol. The van der Waals surface area contributed by atoms with E-state index in [9.17, 15) is 0 Å². The lowest BCUT2D eigenvalue weighted by Gasteiger charge is -2.11. The summed E-state index contributed by atoms with van der Waals surface area (Å²) in [5, 5.41) is 10.5. The van der Waals surface area contributed by atoms with E-state index in [4.69, 9.17) is 11.6 Å². The Morgan fingerprint density at radius 3 is 2.94 bits per heavy atom. The molecule has 18 heavy (non-hydrogen) atoms. The van der Waals surface area contributed by atoms with Crippen LogP contribution in [0.15, 0.2) is 18.3 Å². The Balaban J connectivity index is 1.71. The SMILES string of the molecule is Cc1[nH]ncc1CCCNC(C)c1ccc(Cl)s1. The lowest BCUT2D eigenvalue weighted by molar-refractivity contribution is 0.565. The molecule has 98 valence electrons. The van der Waals surface area contributed by atoms with Crippen molar-refractivity contribution >= 4 is 22.9 Å². The third kappa shape index (κ3) is 3.57. The zero-order chi connectivity index (χ0) is 13.0. The van der Waals surface area contributed by atoms with Gasteiger partial charge in [0, 0.05) is 16.6 Å². The van der Waals surface area contributed by atoms with Crippen LogP contribution in [0.3, 0.4) is 0 Å². The third-order valence-electron chi connectivity index (χ3n) is 3.03. The minimum atomic E-state index is 0.368. The van der Waals surface area contributed by atoms with E-state index in [0.29, 0.717) is 6.04 Å². The Hall–Kier alpha value is -0.840. The van der Waals surface area contributed by atoms with Crippen molar-refractivity contribution < 1.29 is 0 Å². The van der Waals surface area contributed by atoms with Gasteiger partial charge in [-0.05, 0) is 50.9 Å². The van der Waals surface area contributed by atoms with Crippen molar-refractivity contribution in [2.45, 2.75) is 32.7 Å². The predicted octanol–water partition coefficient (Wildman–Crippen LogP) is 3.72. The Morgan fingerprint density at radius 2 is 2.33 bits per heavy atom. The Bertz CT molecular complexity index is 492. The second-order valence-electron chi connectivity index (χ2n) is 4.44. The van der Waals surface area contributed by atoms with Gasteiger partial charge in [0.2, 0.25) is 0 Å². The summed E-state index contributed by atoms with van der Waals surface area (Å²) >= 11 is 7.57. The lowest BCUT2D eigenvalue weighted by Crippen LogP contribution is -2.19. The molecular formula is C13H18ClN3S. The van der Waals surface area contributed by atoms with Gasteiger partial charge < -0.3 is 5.32 Å². The molecule has 0 aromatic carbocycles. The van der Waals surface area contributed by atoms with E-state index in [1.807, 2.05) is 12.3 Å². The highest BCUT2D eigenvalue weighted by Gasteiger charge is 2.07. The van der Waals surface area contributed by atoms with E-state index >= 15 is 0 Å². The first-order valence-corrected chi connectivity index (χ1v) is 7.33. The van der Waals surface area contributed by atoms with E-state index in [0.717, 1.165) is 23.7 Å². The zero-order valence-electron chi connectivity index (χ0n) is 10.7. The summed E-state index contributed by atoms with van der Waals surface area (Å²) < 4.78 is 0.854. The standard InChI is InChI=1S/C13H18ClN3S/c1-9-11(8-16-17-9)4-3-7-15-10(2)12-5-6-13(14)18-12/h5-6,8,10,15H,3-4,7H2,1-2H3,(H,16,17). The minimum Gasteiger partial charge on any atom is -0.309 e. The van der Waals surface area contributed by atoms with Crippen molar-refractivity contribution in [2.75, 3.05) is 6.54 Å². The van der Waals surface area contributed by atoms with Crippen LogP contribution in [-0.4, -0.2) is 16.7 Å². The molecule has 2 rings (SSSR count). The topological polar surface area (TPSA) is 40.7 Å². The summed E-state index contributed by atoms with van der Waals surface area (Å²) in [6.07, 6.45) is 4.09. The van der Waals surface area contributed by atoms with Crippen molar-refractivity contribution in [1.82, 2.24) is 15.5 Å². The second kappa shape index (κ2) is 6.36. The van der Waals surface area contributed by atoms with Gasteiger partial charge in [-0.3, -0.25) is 5.10 Å². The summed E-state index contributed by atoms with van der Waals surface area (Å²) in [4.78, 5) is 1.29. The van der Waals surface area contributed by atoms with Crippen molar-refractivity contribution in [2.24, 2.45) is 0 Å². The second-order valence-corrected chi connectivity index (χ2v) is 6.19. The highest BCUT2D eigenvalue weighted by Crippen LogP contribution is 2.26. The summed E-state index contributed by atoms with van der Waals surface area (Å²) in [6, 6.07) is 4.41. The van der Waals surface area contributed by atoms with Gasteiger partial charge in [-0.1, -0.05) is 11.6 Å². The van der Waals surface area contributed by atoms with Crippen LogP contribution in [-0.2, 0) is 6.42 Å². The van der Waals surface area contributed by atoms with Gasteiger partial charge >= 0.3 is 0 Å². The largest absolute Gasteiger partial charge is 0.309 e. The molecule has 2 heterocycles. The fourth-order valence-corrected chi connectivity index (χ4v) is 2.97. The van der Waals surface area contributed by atoms with Crippen molar-refractivity contribution in [3.05, 3.63) is 38.8 Å². The first-order valence-electron chi connectivity index (χ1n) is 6.14. The van der Waals surface area contributed by atoms with Gasteiger partial charge in [0.15, 0.2) is 0 Å². The van der Waals surface area contributed by atoms with Gasteiger partial charge in [0.25, 0.3) is 0 Å². The van der Waals surface area contributed by atoms with Gasteiger partial charge in [-0.25, -0.2) is 0 Å². The molecule has 0 aliphatic carbocycles. The number of hydrogen-bond acceptors (Lipinski definition) is 3. The molecule has 0 aliphatic rings. The number of hydrogen-bond donors (Lipinski definition) is 2. The average Bonchev–Trinajstić information content (AvgIpc) is 2.94. The number of aryl methyl sites for hydroxylation is 2. The Labute approximate surface area is 117 Å². The molecule has 2 aromatic rings. The maximum atomic E-state index is 5.93. The number of nitrogens with one attached hydrogen (secondary N) is 2. The number of H-pyrrole nitrogens is 1. The Morgan fingerprint density at radius 1 is 1.50 bits per heavy atom. The first-order chi connectivity index (χ1) is 8.66. The van der Waals surface area contributed by atoms with Gasteiger partial charge in [-0.15, -0.1) is 11.3 Å². The normalized spacial score (nSPS) is 12.8. The van der Waals surface area contributed by atoms with Crippen LogP contribution in [0.2, 0.25) is 4.34 Å². The lowest BCUT2D eigenvalue weighted by atomic mass is 10.1. The number of aromatic nitrogens is 2. The molecule has 5 heteroatoms. The first kappa shape index (κ1) is 13.6. The highest BCUT2D eigenvalue weighted by molar-refractivity contribution is 7.16. The molecule has 0 saturated carbocycles. The monoisotopic (exact) mass is 283 g/mol. The summed E-state index contributed by atoms with van der Waals surface area (Å²) in [7, 11) is 0. The summed E-state index contributed by atoms with van der Waals surface area (Å²) in [6.45, 7) is 5.23. The van der Waals surface area contributed by atoms with Crippen molar-refractivity contribution in [3.63, 3.8) is 0 Å². The molecule has 1 atom stereocenters. The molecule has 3 nitrogen and oxygen atoms in total. The van der Waals surface area contributed by atoms with E-state index in [2.05, 4.69) is 35.4 Å². The summed E-state index contributed by atoms with van der Waals surface area (Å²) in [5.74, 6) is 0. The maximum absolute atomic E-state index is 5.93. The van der Waals surface area contributed by atoms with Crippen LogP contribution in [0.25, 0.3) is 0 Å². The molecule has 0 aliphatic heterocycles. The number of aromatic amines is 1. The number of nitrogens with zero attached hydrogens (tertiary/aromatic N) is 1. The minimum absolute atomic E-state index is 0.368. The van der Waals surface area contributed by atoms with Gasteiger partial charge in [0.1, 0.15) is 0 Å². The average molecular weight is 284 g/mol. The number of rotatable bonds is 6. The fourth-order valence-electron chi connectivity index (χ4n) is 1.89. The molecule has 0 amide bonds. The van der Waals surface area contributed by atoms with Gasteiger partial charge in [0.05, 0.1) is 10.5 Å². The van der Waals surface area contributed by atoms with E-state index in [1.54, 1.807) is 11.3 Å². The quantitative estimate of drug-likeness (QED) is 0.794. The molecule has 0 spiro atoms. The molecule has 0 bridgehead atoms. The molecule has 0 fully saturated rings. The van der Waals surface area contributed by atoms with Crippen molar-refractivity contribution in [1.29, 1.82) is 0 Å². The van der Waals surface area contributed by atoms with Crippen LogP contribution in [0.5, 0.6) is 0 Å². The Kier molecular flexibility index (Phi) is 4.80. The van der Waals surface area contributed by atoms with Crippen LogP contribution >= 0.6 is 22.9 Å². The van der Waals surface area contributed by atoms with Crippen LogP contribution in [0.1, 0.15) is 35.5 Å². The smallest absolute Gasteiger partial charge is 0.0931 e. The van der Waals surface area contributed by atoms with E-state index < -0.39 is 0 Å². The zero-order valence-corrected chi connectivity index (χ0v) is 12.2. The maximum Gasteiger partial charge on any atom is 0.0931 e. The highest BCUT2D eigenvalue weighted by atomic mass is 35.5. The third-order valence-corrected chi connectivity index (χ3v) is 4.44. The van der Waals surface area contributed by atoms with Gasteiger partial charge in [-0.2, -0.15) is 5.10 Å². The molecular weight excluding hydrogens is 266 g/mol. The molecule has 1 unspecified atom stereocenters. The number of thiophene rings is 1. The summed E-state index contributed by atoms with van der Waals surface area (Å²) in [5.41, 5.74) is 2.48. The van der Waals surface area contributed by atoms with E-state index in [1.165, 1.54) is 16.1 Å². The van der Waals surface area contributed by atoms with Crippen LogP contribution in [0.4, 0.5) is 0 Å². The van der Waals surface area contributed by atoms with Crippen LogP contribution < -0.4 is 5.32 Å².